The van der Waals surface area contributed by atoms with E-state index in [0.29, 0.717) is 31.5 Å². The summed E-state index contributed by atoms with van der Waals surface area (Å²) < 4.78 is 13.4. The number of phenols is 1. The van der Waals surface area contributed by atoms with Gasteiger partial charge in [0.25, 0.3) is 0 Å². The minimum atomic E-state index is -0.830. The van der Waals surface area contributed by atoms with E-state index in [1.165, 1.54) is 12.1 Å². The van der Waals surface area contributed by atoms with Crippen LogP contribution in [-0.4, -0.2) is 33.2 Å². The summed E-state index contributed by atoms with van der Waals surface area (Å²) in [5, 5.41) is 18.8. The first kappa shape index (κ1) is 14.8. The van der Waals surface area contributed by atoms with Gasteiger partial charge in [-0.05, 0) is 43.5 Å². The largest absolute Gasteiger partial charge is 0.505 e. The van der Waals surface area contributed by atoms with Crippen molar-refractivity contribution in [2.75, 3.05) is 6.54 Å². The van der Waals surface area contributed by atoms with Gasteiger partial charge in [0.15, 0.2) is 11.6 Å². The number of aromatic hydroxyl groups is 1. The molecule has 1 aliphatic rings. The van der Waals surface area contributed by atoms with Gasteiger partial charge in [-0.25, -0.2) is 4.39 Å². The Balaban J connectivity index is 2.22. The van der Waals surface area contributed by atoms with Gasteiger partial charge in [-0.3, -0.25) is 9.69 Å². The molecule has 2 rings (SSSR count). The number of rotatable bonds is 5. The van der Waals surface area contributed by atoms with Gasteiger partial charge >= 0.3 is 5.97 Å². The number of likely N-dealkylation sites (tertiary alicyclic amines) is 1. The van der Waals surface area contributed by atoms with E-state index in [1.807, 2.05) is 11.8 Å². The number of nitrogens with zero attached hydrogens (tertiary/aromatic N) is 1. The van der Waals surface area contributed by atoms with E-state index in [2.05, 4.69) is 0 Å². The van der Waals surface area contributed by atoms with Crippen molar-refractivity contribution in [1.29, 1.82) is 0 Å². The summed E-state index contributed by atoms with van der Waals surface area (Å²) in [6, 6.07) is 4.21. The highest BCUT2D eigenvalue weighted by Gasteiger charge is 2.46. The third kappa shape index (κ3) is 2.63. The van der Waals surface area contributed by atoms with Crippen molar-refractivity contribution in [1.82, 2.24) is 4.90 Å². The predicted octanol–water partition coefficient (Wildman–Crippen LogP) is 2.75. The highest BCUT2D eigenvalue weighted by Crippen LogP contribution is 2.35. The monoisotopic (exact) mass is 281 g/mol. The molecule has 1 aromatic rings. The molecule has 0 spiro atoms. The average molecular weight is 281 g/mol. The molecular weight excluding hydrogens is 261 g/mol. The Kier molecular flexibility index (Phi) is 4.28. The zero-order valence-electron chi connectivity index (χ0n) is 11.6. The molecule has 1 fully saturated rings. The van der Waals surface area contributed by atoms with Gasteiger partial charge in [-0.15, -0.1) is 0 Å². The SMILES string of the molecule is CCCC1(C(=O)O)CCCN1Cc1ccc(O)c(F)c1. The van der Waals surface area contributed by atoms with E-state index in [4.69, 9.17) is 0 Å². The van der Waals surface area contributed by atoms with E-state index >= 15 is 0 Å². The summed E-state index contributed by atoms with van der Waals surface area (Å²) in [4.78, 5) is 13.6. The molecule has 1 aromatic carbocycles. The number of halogens is 1. The summed E-state index contributed by atoms with van der Waals surface area (Å²) in [6.07, 6.45) is 2.87. The number of aliphatic carboxylic acids is 1. The van der Waals surface area contributed by atoms with Crippen molar-refractivity contribution >= 4 is 5.97 Å². The lowest BCUT2D eigenvalue weighted by atomic mass is 9.90. The number of carbonyl (C=O) groups is 1. The van der Waals surface area contributed by atoms with Gasteiger partial charge in [0, 0.05) is 6.54 Å². The number of carboxylic acid groups (broad SMARTS) is 1. The molecule has 1 atom stereocenters. The maximum absolute atomic E-state index is 13.4. The lowest BCUT2D eigenvalue weighted by Gasteiger charge is -2.34. The molecule has 5 heteroatoms. The van der Waals surface area contributed by atoms with E-state index in [0.717, 1.165) is 12.8 Å². The fourth-order valence-electron chi connectivity index (χ4n) is 3.08. The molecule has 1 heterocycles. The minimum absolute atomic E-state index is 0.381. The van der Waals surface area contributed by atoms with Crippen LogP contribution in [0.4, 0.5) is 4.39 Å². The Bertz CT molecular complexity index is 506. The normalized spacial score (nSPS) is 23.1. The second-order valence-corrected chi connectivity index (χ2v) is 5.40. The second-order valence-electron chi connectivity index (χ2n) is 5.40. The van der Waals surface area contributed by atoms with Crippen LogP contribution in [-0.2, 0) is 11.3 Å². The molecular formula is C15H20FNO3. The number of phenolic OH excluding ortho intramolecular Hbond substituents is 1. The van der Waals surface area contributed by atoms with Crippen LogP contribution in [0, 0.1) is 5.82 Å². The Morgan fingerprint density at radius 1 is 1.50 bits per heavy atom. The Morgan fingerprint density at radius 3 is 2.85 bits per heavy atom. The topological polar surface area (TPSA) is 60.8 Å². The molecule has 0 amide bonds. The van der Waals surface area contributed by atoms with Gasteiger partial charge in [0.05, 0.1) is 0 Å². The quantitative estimate of drug-likeness (QED) is 0.871. The third-order valence-corrected chi connectivity index (χ3v) is 4.07. The zero-order valence-corrected chi connectivity index (χ0v) is 11.6. The van der Waals surface area contributed by atoms with Crippen molar-refractivity contribution in [2.24, 2.45) is 0 Å². The molecule has 1 aliphatic heterocycles. The molecule has 4 nitrogen and oxygen atoms in total. The van der Waals surface area contributed by atoms with E-state index in [-0.39, 0.29) is 5.75 Å². The fourth-order valence-corrected chi connectivity index (χ4v) is 3.08. The molecule has 1 saturated heterocycles. The van der Waals surface area contributed by atoms with Crippen molar-refractivity contribution in [3.05, 3.63) is 29.6 Å². The fraction of sp³-hybridized carbons (Fsp3) is 0.533. The number of hydrogen-bond donors (Lipinski definition) is 2. The molecule has 2 N–H and O–H groups in total. The molecule has 0 saturated carbocycles. The van der Waals surface area contributed by atoms with Gasteiger partial charge in [0.2, 0.25) is 0 Å². The van der Waals surface area contributed by atoms with Crippen molar-refractivity contribution in [3.8, 4) is 5.75 Å². The summed E-state index contributed by atoms with van der Waals surface area (Å²) >= 11 is 0. The summed E-state index contributed by atoms with van der Waals surface area (Å²) in [5.74, 6) is -1.84. The van der Waals surface area contributed by atoms with E-state index in [1.54, 1.807) is 6.07 Å². The van der Waals surface area contributed by atoms with E-state index < -0.39 is 17.3 Å². The first-order chi connectivity index (χ1) is 9.49. The summed E-state index contributed by atoms with van der Waals surface area (Å²) in [7, 11) is 0. The third-order valence-electron chi connectivity index (χ3n) is 4.07. The first-order valence-corrected chi connectivity index (χ1v) is 6.95. The highest BCUT2D eigenvalue weighted by molar-refractivity contribution is 5.79. The molecule has 0 radical (unpaired) electrons. The summed E-state index contributed by atoms with van der Waals surface area (Å²) in [6.45, 7) is 3.07. The maximum Gasteiger partial charge on any atom is 0.324 e. The smallest absolute Gasteiger partial charge is 0.324 e. The number of benzene rings is 1. The van der Waals surface area contributed by atoms with E-state index in [9.17, 15) is 19.4 Å². The lowest BCUT2D eigenvalue weighted by Crippen LogP contribution is -2.49. The Morgan fingerprint density at radius 2 is 2.25 bits per heavy atom. The number of carboxylic acids is 1. The Labute approximate surface area is 117 Å². The highest BCUT2D eigenvalue weighted by atomic mass is 19.1. The van der Waals surface area contributed by atoms with Crippen molar-refractivity contribution in [2.45, 2.75) is 44.7 Å². The van der Waals surface area contributed by atoms with Crippen LogP contribution in [0.5, 0.6) is 5.75 Å². The lowest BCUT2D eigenvalue weighted by molar-refractivity contribution is -0.150. The van der Waals surface area contributed by atoms with Crippen molar-refractivity contribution in [3.63, 3.8) is 0 Å². The zero-order chi connectivity index (χ0) is 14.8. The minimum Gasteiger partial charge on any atom is -0.505 e. The van der Waals surface area contributed by atoms with Crippen LogP contribution < -0.4 is 0 Å². The Hall–Kier alpha value is -1.62. The number of hydrogen-bond acceptors (Lipinski definition) is 3. The van der Waals surface area contributed by atoms with Gasteiger partial charge in [0.1, 0.15) is 5.54 Å². The standard InChI is InChI=1S/C15H20FNO3/c1-2-6-15(14(19)20)7-3-8-17(15)10-11-4-5-13(18)12(16)9-11/h4-5,9,18H,2-3,6-8,10H2,1H3,(H,19,20). The van der Waals surface area contributed by atoms with Gasteiger partial charge in [-0.1, -0.05) is 19.4 Å². The molecule has 20 heavy (non-hydrogen) atoms. The predicted molar refractivity (Wildman–Crippen MR) is 73.0 cm³/mol. The molecule has 0 aromatic heterocycles. The van der Waals surface area contributed by atoms with Crippen LogP contribution in [0.25, 0.3) is 0 Å². The molecule has 0 bridgehead atoms. The van der Waals surface area contributed by atoms with Crippen LogP contribution in [0.2, 0.25) is 0 Å². The molecule has 1 unspecified atom stereocenters. The molecule has 110 valence electrons. The second kappa shape index (κ2) is 5.79. The summed E-state index contributed by atoms with van der Waals surface area (Å²) in [5.41, 5.74) is -0.146. The van der Waals surface area contributed by atoms with Crippen LogP contribution in [0.15, 0.2) is 18.2 Å². The van der Waals surface area contributed by atoms with Crippen LogP contribution in [0.1, 0.15) is 38.2 Å². The van der Waals surface area contributed by atoms with Crippen LogP contribution >= 0.6 is 0 Å². The van der Waals surface area contributed by atoms with Gasteiger partial charge in [-0.2, -0.15) is 0 Å². The maximum atomic E-state index is 13.4. The first-order valence-electron chi connectivity index (χ1n) is 6.95. The van der Waals surface area contributed by atoms with Gasteiger partial charge < -0.3 is 10.2 Å². The average Bonchev–Trinajstić information content (AvgIpc) is 2.79. The molecule has 0 aliphatic carbocycles. The van der Waals surface area contributed by atoms with Crippen LogP contribution in [0.3, 0.4) is 0 Å². The van der Waals surface area contributed by atoms with Crippen molar-refractivity contribution < 1.29 is 19.4 Å².